The van der Waals surface area contributed by atoms with Crippen LogP contribution in [0.25, 0.3) is 0 Å². The second-order valence-corrected chi connectivity index (χ2v) is 8.40. The smallest absolute Gasteiger partial charge is 0.251 e. The third-order valence-electron chi connectivity index (χ3n) is 6.34. The number of benzene rings is 2. The summed E-state index contributed by atoms with van der Waals surface area (Å²) in [7, 11) is 1.59. The third-order valence-corrected chi connectivity index (χ3v) is 6.34. The molecule has 0 spiro atoms. The van der Waals surface area contributed by atoms with Crippen molar-refractivity contribution in [3.05, 3.63) is 65.2 Å². The number of anilines is 1. The van der Waals surface area contributed by atoms with Crippen LogP contribution < -0.4 is 10.6 Å². The summed E-state index contributed by atoms with van der Waals surface area (Å²) in [5.74, 6) is -0.219. The second-order valence-electron chi connectivity index (χ2n) is 8.40. The highest BCUT2D eigenvalue weighted by Crippen LogP contribution is 2.41. The van der Waals surface area contributed by atoms with Crippen LogP contribution >= 0.6 is 0 Å². The van der Waals surface area contributed by atoms with Gasteiger partial charge in [-0.1, -0.05) is 30.3 Å². The van der Waals surface area contributed by atoms with E-state index in [1.165, 1.54) is 0 Å². The van der Waals surface area contributed by atoms with E-state index in [-0.39, 0.29) is 29.6 Å². The van der Waals surface area contributed by atoms with Crippen LogP contribution in [0, 0.1) is 5.92 Å². The molecule has 4 rings (SSSR count). The predicted octanol–water partition coefficient (Wildman–Crippen LogP) is 2.58. The van der Waals surface area contributed by atoms with Crippen LogP contribution in [0.3, 0.4) is 0 Å². The predicted molar refractivity (Wildman–Crippen MR) is 121 cm³/mol. The molecule has 2 aliphatic heterocycles. The molecule has 2 aliphatic rings. The zero-order valence-electron chi connectivity index (χ0n) is 18.3. The van der Waals surface area contributed by atoms with Gasteiger partial charge in [-0.2, -0.15) is 0 Å². The van der Waals surface area contributed by atoms with Gasteiger partial charge in [0.25, 0.3) is 5.91 Å². The van der Waals surface area contributed by atoms with E-state index in [2.05, 4.69) is 10.6 Å². The zero-order valence-corrected chi connectivity index (χ0v) is 18.3. The molecule has 1 unspecified atom stereocenters. The Hall–Kier alpha value is -3.19. The van der Waals surface area contributed by atoms with E-state index in [1.54, 1.807) is 19.2 Å². The Morgan fingerprint density at radius 3 is 2.59 bits per heavy atom. The third kappa shape index (κ3) is 4.83. The first kappa shape index (κ1) is 22.0. The lowest BCUT2D eigenvalue weighted by molar-refractivity contribution is -0.132. The number of piperidine rings is 1. The number of amides is 3. The molecule has 7 nitrogen and oxygen atoms in total. The molecule has 2 aromatic rings. The summed E-state index contributed by atoms with van der Waals surface area (Å²) in [6.07, 6.45) is 1.93. The zero-order chi connectivity index (χ0) is 22.5. The van der Waals surface area contributed by atoms with Gasteiger partial charge >= 0.3 is 0 Å². The fourth-order valence-electron chi connectivity index (χ4n) is 4.63. The van der Waals surface area contributed by atoms with E-state index in [0.29, 0.717) is 38.2 Å². The molecule has 1 atom stereocenters. The number of hydrogen-bond donors (Lipinski definition) is 2. The molecule has 0 aliphatic carbocycles. The van der Waals surface area contributed by atoms with Crippen molar-refractivity contribution in [3.8, 4) is 0 Å². The van der Waals surface area contributed by atoms with Crippen LogP contribution in [-0.2, 0) is 20.7 Å². The van der Waals surface area contributed by atoms with Gasteiger partial charge in [-0.15, -0.1) is 0 Å². The van der Waals surface area contributed by atoms with E-state index >= 15 is 0 Å². The maximum atomic E-state index is 12.8. The average Bonchev–Trinajstić information content (AvgIpc) is 3.14. The molecule has 3 amide bonds. The van der Waals surface area contributed by atoms with Crippen molar-refractivity contribution >= 4 is 23.4 Å². The summed E-state index contributed by atoms with van der Waals surface area (Å²) in [4.78, 5) is 39.8. The number of hydrogen-bond acceptors (Lipinski definition) is 4. The van der Waals surface area contributed by atoms with E-state index in [9.17, 15) is 14.4 Å². The minimum atomic E-state index is -0.289. The van der Waals surface area contributed by atoms with Crippen LogP contribution in [0.15, 0.2) is 48.5 Å². The van der Waals surface area contributed by atoms with Crippen LogP contribution in [0.5, 0.6) is 0 Å². The Labute approximate surface area is 188 Å². The lowest BCUT2D eigenvalue weighted by atomic mass is 9.80. The molecule has 1 saturated heterocycles. The summed E-state index contributed by atoms with van der Waals surface area (Å²) in [5.41, 5.74) is 3.20. The van der Waals surface area contributed by atoms with Crippen LogP contribution in [0.2, 0.25) is 0 Å². The van der Waals surface area contributed by atoms with E-state index in [4.69, 9.17) is 4.74 Å². The highest BCUT2D eigenvalue weighted by molar-refractivity contribution is 6.04. The van der Waals surface area contributed by atoms with Crippen LogP contribution in [0.1, 0.15) is 40.2 Å². The first-order chi connectivity index (χ1) is 15.6. The number of fused-ring (bicyclic) bond motifs is 1. The largest absolute Gasteiger partial charge is 0.383 e. The number of nitrogens with one attached hydrogen (secondary N) is 2. The van der Waals surface area contributed by atoms with Crippen molar-refractivity contribution in [3.63, 3.8) is 0 Å². The summed E-state index contributed by atoms with van der Waals surface area (Å²) in [6.45, 7) is 2.17. The summed E-state index contributed by atoms with van der Waals surface area (Å²) < 4.78 is 4.97. The standard InChI is InChI=1S/C25H29N3O4/c1-32-14-11-26-24(30)19-7-8-21-20(16-19)23(25(31)27-21)18-9-12-28(13-10-18)22(29)15-17-5-3-2-4-6-17/h2-8,16,18,23H,9-15H2,1H3,(H,26,30)(H,27,31). The lowest BCUT2D eigenvalue weighted by Crippen LogP contribution is -2.41. The number of nitrogens with zero attached hydrogens (tertiary/aromatic N) is 1. The molecular weight excluding hydrogens is 406 g/mol. The minimum Gasteiger partial charge on any atom is -0.383 e. The molecule has 2 N–H and O–H groups in total. The van der Waals surface area contributed by atoms with Gasteiger partial charge in [0, 0.05) is 38.0 Å². The molecule has 7 heteroatoms. The van der Waals surface area contributed by atoms with Crippen LogP contribution in [-0.4, -0.2) is 56.0 Å². The Balaban J connectivity index is 1.40. The summed E-state index contributed by atoms with van der Waals surface area (Å²) >= 11 is 0. The van der Waals surface area contributed by atoms with Crippen molar-refractivity contribution in [2.45, 2.75) is 25.2 Å². The van der Waals surface area contributed by atoms with E-state index in [0.717, 1.165) is 29.7 Å². The quantitative estimate of drug-likeness (QED) is 0.655. The molecule has 0 bridgehead atoms. The van der Waals surface area contributed by atoms with Gasteiger partial charge in [0.05, 0.1) is 18.9 Å². The van der Waals surface area contributed by atoms with Gasteiger partial charge in [-0.05, 0) is 48.1 Å². The Bertz CT molecular complexity index is 984. The van der Waals surface area contributed by atoms with Crippen molar-refractivity contribution in [2.24, 2.45) is 5.92 Å². The fourth-order valence-corrected chi connectivity index (χ4v) is 4.63. The molecule has 1 fully saturated rings. The first-order valence-electron chi connectivity index (χ1n) is 11.1. The summed E-state index contributed by atoms with van der Waals surface area (Å²) in [6, 6.07) is 15.1. The Morgan fingerprint density at radius 1 is 1.12 bits per heavy atom. The lowest BCUT2D eigenvalue weighted by Gasteiger charge is -2.34. The van der Waals surface area contributed by atoms with Crippen molar-refractivity contribution in [2.75, 3.05) is 38.7 Å². The van der Waals surface area contributed by atoms with Crippen LogP contribution in [0.4, 0.5) is 5.69 Å². The average molecular weight is 436 g/mol. The number of likely N-dealkylation sites (tertiary alicyclic amines) is 1. The van der Waals surface area contributed by atoms with Gasteiger partial charge in [0.15, 0.2) is 0 Å². The Kier molecular flexibility index (Phi) is 6.85. The van der Waals surface area contributed by atoms with Crippen molar-refractivity contribution in [1.29, 1.82) is 0 Å². The molecule has 2 aromatic carbocycles. The van der Waals surface area contributed by atoms with Crippen molar-refractivity contribution < 1.29 is 19.1 Å². The second kappa shape index (κ2) is 9.96. The molecule has 0 radical (unpaired) electrons. The summed E-state index contributed by atoms with van der Waals surface area (Å²) in [5, 5.41) is 5.78. The first-order valence-corrected chi connectivity index (χ1v) is 11.1. The topological polar surface area (TPSA) is 87.7 Å². The number of carbonyl (C=O) groups excluding carboxylic acids is 3. The van der Waals surface area contributed by atoms with Gasteiger partial charge in [0.2, 0.25) is 11.8 Å². The van der Waals surface area contributed by atoms with Crippen molar-refractivity contribution in [1.82, 2.24) is 10.2 Å². The van der Waals surface area contributed by atoms with E-state index in [1.807, 2.05) is 41.3 Å². The SMILES string of the molecule is COCCNC(=O)c1ccc2c(c1)C(C1CCN(C(=O)Cc3ccccc3)CC1)C(=O)N2. The molecule has 168 valence electrons. The number of rotatable bonds is 7. The molecule has 32 heavy (non-hydrogen) atoms. The maximum Gasteiger partial charge on any atom is 0.251 e. The maximum absolute atomic E-state index is 12.8. The van der Waals surface area contributed by atoms with E-state index < -0.39 is 0 Å². The number of carbonyl (C=O) groups is 3. The monoisotopic (exact) mass is 435 g/mol. The fraction of sp³-hybridized carbons (Fsp3) is 0.400. The molecule has 2 heterocycles. The van der Waals surface area contributed by atoms with Gasteiger partial charge in [0.1, 0.15) is 0 Å². The van der Waals surface area contributed by atoms with Gasteiger partial charge in [-0.3, -0.25) is 14.4 Å². The normalized spacial score (nSPS) is 18.2. The number of methoxy groups -OCH3 is 1. The molecule has 0 aromatic heterocycles. The minimum absolute atomic E-state index is 0.0222. The van der Waals surface area contributed by atoms with Gasteiger partial charge < -0.3 is 20.3 Å². The van der Waals surface area contributed by atoms with Gasteiger partial charge in [-0.25, -0.2) is 0 Å². The highest BCUT2D eigenvalue weighted by Gasteiger charge is 2.39. The number of ether oxygens (including phenoxy) is 1. The molecule has 0 saturated carbocycles. The molecular formula is C25H29N3O4. The highest BCUT2D eigenvalue weighted by atomic mass is 16.5. The Morgan fingerprint density at radius 2 is 1.88 bits per heavy atom.